The van der Waals surface area contributed by atoms with E-state index in [9.17, 15) is 55.9 Å². The second-order valence-corrected chi connectivity index (χ2v) is 10.3. The number of aliphatic hydroxyl groups is 6. The van der Waals surface area contributed by atoms with Gasteiger partial charge in [0.2, 0.25) is 17.5 Å². The molecule has 0 amide bonds. The molecule has 2 saturated heterocycles. The van der Waals surface area contributed by atoms with Gasteiger partial charge in [0.25, 0.3) is 0 Å². The number of aromatic hydroxyl groups is 4. The smallest absolute Gasteiger partial charge is 0.239 e. The van der Waals surface area contributed by atoms with Gasteiger partial charge in [0, 0.05) is 17.7 Å². The largest absolute Gasteiger partial charge is 0.508 e. The molecule has 234 valence electrons. The van der Waals surface area contributed by atoms with Gasteiger partial charge in [0.05, 0.1) is 12.7 Å². The van der Waals surface area contributed by atoms with Crippen LogP contribution in [-0.2, 0) is 14.2 Å². The van der Waals surface area contributed by atoms with E-state index in [2.05, 4.69) is 0 Å². The van der Waals surface area contributed by atoms with E-state index in [4.69, 9.17) is 23.4 Å². The number of phenols is 4. The first-order chi connectivity index (χ1) is 20.3. The summed E-state index contributed by atoms with van der Waals surface area (Å²) in [6.45, 7) is 0.818. The molecule has 2 aliphatic rings. The van der Waals surface area contributed by atoms with Crippen molar-refractivity contribution in [3.63, 3.8) is 0 Å². The van der Waals surface area contributed by atoms with Gasteiger partial charge in [-0.3, -0.25) is 4.79 Å². The molecule has 0 unspecified atom stereocenters. The Morgan fingerprint density at radius 2 is 1.42 bits per heavy atom. The fourth-order valence-electron chi connectivity index (χ4n) is 4.84. The highest BCUT2D eigenvalue weighted by Gasteiger charge is 2.47. The number of hydrogen-bond donors (Lipinski definition) is 10. The van der Waals surface area contributed by atoms with E-state index in [1.807, 2.05) is 0 Å². The van der Waals surface area contributed by atoms with Crippen molar-refractivity contribution in [2.75, 3.05) is 6.61 Å². The number of phenolic OH excluding ortho intramolecular Hbond substituents is 4. The third kappa shape index (κ3) is 5.67. The minimum absolute atomic E-state index is 0.0313. The van der Waals surface area contributed by atoms with Crippen LogP contribution in [0, 0.1) is 0 Å². The maximum atomic E-state index is 13.6. The van der Waals surface area contributed by atoms with Crippen LogP contribution in [0.4, 0.5) is 0 Å². The molecular formula is C27H30O16. The minimum Gasteiger partial charge on any atom is -0.508 e. The Labute approximate surface area is 241 Å². The topological polar surface area (TPSA) is 269 Å². The van der Waals surface area contributed by atoms with E-state index in [1.165, 1.54) is 13.0 Å². The lowest BCUT2D eigenvalue weighted by molar-refractivity contribution is -0.318. The molecule has 3 heterocycles. The van der Waals surface area contributed by atoms with Crippen molar-refractivity contribution >= 4 is 11.0 Å². The Morgan fingerprint density at radius 3 is 2.12 bits per heavy atom. The van der Waals surface area contributed by atoms with Gasteiger partial charge in [0.15, 0.2) is 23.5 Å². The molecule has 16 nitrogen and oxygen atoms in total. The molecule has 0 saturated carbocycles. The van der Waals surface area contributed by atoms with Gasteiger partial charge in [-0.25, -0.2) is 0 Å². The molecular weight excluding hydrogens is 580 g/mol. The molecule has 0 radical (unpaired) electrons. The van der Waals surface area contributed by atoms with Gasteiger partial charge in [0.1, 0.15) is 65.2 Å². The first-order valence-electron chi connectivity index (χ1n) is 13.0. The number of aliphatic hydroxyl groups excluding tert-OH is 6. The van der Waals surface area contributed by atoms with Crippen LogP contribution in [0.1, 0.15) is 6.92 Å². The summed E-state index contributed by atoms with van der Waals surface area (Å²) in [5.41, 5.74) is -1.35. The fraction of sp³-hybridized carbons (Fsp3) is 0.444. The van der Waals surface area contributed by atoms with Crippen molar-refractivity contribution in [3.8, 4) is 40.1 Å². The summed E-state index contributed by atoms with van der Waals surface area (Å²) in [6.07, 6.45) is -16.2. The zero-order valence-corrected chi connectivity index (χ0v) is 22.3. The van der Waals surface area contributed by atoms with Crippen LogP contribution >= 0.6 is 0 Å². The van der Waals surface area contributed by atoms with Crippen LogP contribution < -0.4 is 10.2 Å². The summed E-state index contributed by atoms with van der Waals surface area (Å²) < 4.78 is 27.8. The first-order valence-corrected chi connectivity index (χ1v) is 13.0. The molecule has 1 aromatic heterocycles. The monoisotopic (exact) mass is 610 g/mol. The maximum absolute atomic E-state index is 13.6. The van der Waals surface area contributed by atoms with Crippen LogP contribution in [0.2, 0.25) is 0 Å². The van der Waals surface area contributed by atoms with E-state index in [0.29, 0.717) is 0 Å². The van der Waals surface area contributed by atoms with Gasteiger partial charge >= 0.3 is 0 Å². The van der Waals surface area contributed by atoms with Crippen LogP contribution in [0.3, 0.4) is 0 Å². The second kappa shape index (κ2) is 11.8. The van der Waals surface area contributed by atoms with Gasteiger partial charge in [-0.1, -0.05) is 0 Å². The lowest BCUT2D eigenvalue weighted by atomic mass is 9.98. The molecule has 3 aromatic rings. The first kappa shape index (κ1) is 30.7. The molecule has 0 bridgehead atoms. The van der Waals surface area contributed by atoms with Crippen molar-refractivity contribution in [1.82, 2.24) is 0 Å². The zero-order valence-electron chi connectivity index (χ0n) is 22.3. The van der Waals surface area contributed by atoms with Gasteiger partial charge < -0.3 is 74.4 Å². The highest BCUT2D eigenvalue weighted by atomic mass is 16.7. The molecule has 10 N–H and O–H groups in total. The summed E-state index contributed by atoms with van der Waals surface area (Å²) in [5, 5.41) is 101. The average Bonchev–Trinajstić information content (AvgIpc) is 2.96. The Hall–Kier alpha value is -3.71. The SMILES string of the molecule is C[C@@H]1O[C@@H](OC[C@H]2O[C@@H](Oc3c(-c4ccc(O)c(O)c4)oc4cc(O)cc(O)c4c3=O)[C@H](O)[C@@H](O)[C@@H]2O)[C@@H](O)[C@@H](O)[C@@H]1O. The van der Waals surface area contributed by atoms with Crippen LogP contribution in [0.15, 0.2) is 39.5 Å². The van der Waals surface area contributed by atoms with Gasteiger partial charge in [-0.05, 0) is 25.1 Å². The Morgan fingerprint density at radius 1 is 0.744 bits per heavy atom. The van der Waals surface area contributed by atoms with Crippen molar-refractivity contribution in [2.45, 2.75) is 68.3 Å². The summed E-state index contributed by atoms with van der Waals surface area (Å²) in [7, 11) is 0. The molecule has 0 spiro atoms. The van der Waals surface area contributed by atoms with Crippen molar-refractivity contribution < 1.29 is 74.4 Å². The van der Waals surface area contributed by atoms with E-state index < -0.39 is 113 Å². The van der Waals surface area contributed by atoms with Gasteiger partial charge in [-0.2, -0.15) is 0 Å². The summed E-state index contributed by atoms with van der Waals surface area (Å²) in [5.74, 6) is -3.33. The molecule has 2 fully saturated rings. The Bertz CT molecular complexity index is 1540. The summed E-state index contributed by atoms with van der Waals surface area (Å²) in [6, 6.07) is 5.24. The van der Waals surface area contributed by atoms with Crippen LogP contribution in [0.5, 0.6) is 28.7 Å². The predicted molar refractivity (Wildman–Crippen MR) is 140 cm³/mol. The number of benzene rings is 2. The Balaban J connectivity index is 1.48. The number of hydrogen-bond acceptors (Lipinski definition) is 16. The molecule has 16 heteroatoms. The molecule has 5 rings (SSSR count). The second-order valence-electron chi connectivity index (χ2n) is 10.3. The standard InChI is InChI=1S/C27H30O16/c1-8-17(32)20(35)22(37)26(40-8)39-7-15-18(33)21(36)23(38)27(42-15)43-25-19(34)16-13(31)5-10(28)6-14(16)41-24(25)9-2-3-11(29)12(30)4-9/h2-6,8,15,17-18,20-23,26-33,35-38H,7H2,1H3/t8-,15+,17+,18+,20-,21-,22-,23+,26+,27-/m0/s1. The van der Waals surface area contributed by atoms with E-state index in [0.717, 1.165) is 24.3 Å². The molecule has 2 aliphatic heterocycles. The zero-order chi connectivity index (χ0) is 31.3. The van der Waals surface area contributed by atoms with Gasteiger partial charge in [-0.15, -0.1) is 0 Å². The van der Waals surface area contributed by atoms with Crippen molar-refractivity contribution in [3.05, 3.63) is 40.6 Å². The average molecular weight is 611 g/mol. The molecule has 2 aromatic carbocycles. The lowest BCUT2D eigenvalue weighted by Crippen LogP contribution is -2.61. The van der Waals surface area contributed by atoms with Crippen molar-refractivity contribution in [2.24, 2.45) is 0 Å². The van der Waals surface area contributed by atoms with Crippen LogP contribution in [-0.4, -0.2) is 119 Å². The highest BCUT2D eigenvalue weighted by molar-refractivity contribution is 5.88. The fourth-order valence-corrected chi connectivity index (χ4v) is 4.84. The van der Waals surface area contributed by atoms with Crippen LogP contribution in [0.25, 0.3) is 22.3 Å². The molecule has 43 heavy (non-hydrogen) atoms. The normalized spacial score (nSPS) is 33.0. The van der Waals surface area contributed by atoms with E-state index >= 15 is 0 Å². The molecule has 0 aliphatic carbocycles. The van der Waals surface area contributed by atoms with E-state index in [-0.39, 0.29) is 11.1 Å². The number of fused-ring (bicyclic) bond motifs is 1. The number of rotatable bonds is 6. The maximum Gasteiger partial charge on any atom is 0.239 e. The quantitative estimate of drug-likeness (QED) is 0.140. The third-order valence-corrected chi connectivity index (χ3v) is 7.29. The predicted octanol–water partition coefficient (Wildman–Crippen LogP) is -1.69. The lowest BCUT2D eigenvalue weighted by Gasteiger charge is -2.42. The number of ether oxygens (including phenoxy) is 4. The summed E-state index contributed by atoms with van der Waals surface area (Å²) >= 11 is 0. The van der Waals surface area contributed by atoms with E-state index in [1.54, 1.807) is 0 Å². The minimum atomic E-state index is -1.97. The highest BCUT2D eigenvalue weighted by Crippen LogP contribution is 2.39. The molecule has 10 atom stereocenters. The third-order valence-electron chi connectivity index (χ3n) is 7.29. The van der Waals surface area contributed by atoms with Crippen molar-refractivity contribution in [1.29, 1.82) is 0 Å². The Kier molecular flexibility index (Phi) is 8.41. The summed E-state index contributed by atoms with van der Waals surface area (Å²) in [4.78, 5) is 13.6.